The van der Waals surface area contributed by atoms with Crippen molar-refractivity contribution >= 4 is 52.1 Å². The SMILES string of the molecule is O=C(Nc1ccc([N+](=O)[O-])cc1Cl)c1cc(Cl)cc(Cl)c1O. The minimum Gasteiger partial charge on any atom is -0.506 e. The molecule has 1 amide bonds. The predicted molar refractivity (Wildman–Crippen MR) is 84.2 cm³/mol. The zero-order valence-electron chi connectivity index (χ0n) is 10.6. The lowest BCUT2D eigenvalue weighted by Gasteiger charge is -2.09. The van der Waals surface area contributed by atoms with Gasteiger partial charge >= 0.3 is 0 Å². The summed E-state index contributed by atoms with van der Waals surface area (Å²) in [4.78, 5) is 22.1. The van der Waals surface area contributed by atoms with Crippen molar-refractivity contribution < 1.29 is 14.8 Å². The Kier molecular flexibility index (Phi) is 4.75. The van der Waals surface area contributed by atoms with Gasteiger partial charge in [0.15, 0.2) is 0 Å². The number of nitro benzene ring substituents is 1. The summed E-state index contributed by atoms with van der Waals surface area (Å²) in [5, 5.41) is 22.9. The quantitative estimate of drug-likeness (QED) is 0.621. The molecule has 0 aliphatic rings. The Morgan fingerprint density at radius 2 is 1.82 bits per heavy atom. The molecule has 0 spiro atoms. The summed E-state index contributed by atoms with van der Waals surface area (Å²) in [7, 11) is 0. The van der Waals surface area contributed by atoms with Gasteiger partial charge in [0.05, 0.1) is 26.2 Å². The summed E-state index contributed by atoms with van der Waals surface area (Å²) in [6.45, 7) is 0. The van der Waals surface area contributed by atoms with Crippen molar-refractivity contribution in [3.63, 3.8) is 0 Å². The van der Waals surface area contributed by atoms with E-state index in [2.05, 4.69) is 5.32 Å². The van der Waals surface area contributed by atoms with Crippen LogP contribution in [0.15, 0.2) is 30.3 Å². The number of nitrogens with one attached hydrogen (secondary N) is 1. The molecule has 0 aliphatic carbocycles. The topological polar surface area (TPSA) is 92.5 Å². The summed E-state index contributed by atoms with van der Waals surface area (Å²) in [6, 6.07) is 6.08. The first-order valence-corrected chi connectivity index (χ1v) is 6.86. The number of rotatable bonds is 3. The van der Waals surface area contributed by atoms with Crippen LogP contribution in [0, 0.1) is 10.1 Å². The Labute approximate surface area is 139 Å². The van der Waals surface area contributed by atoms with E-state index >= 15 is 0 Å². The highest BCUT2D eigenvalue weighted by Gasteiger charge is 2.17. The Balaban J connectivity index is 2.32. The van der Waals surface area contributed by atoms with Crippen molar-refractivity contribution in [2.45, 2.75) is 0 Å². The van der Waals surface area contributed by atoms with Gasteiger partial charge in [-0.05, 0) is 18.2 Å². The van der Waals surface area contributed by atoms with Crippen LogP contribution >= 0.6 is 34.8 Å². The van der Waals surface area contributed by atoms with Crippen molar-refractivity contribution in [2.24, 2.45) is 0 Å². The number of amides is 1. The summed E-state index contributed by atoms with van der Waals surface area (Å²) < 4.78 is 0. The highest BCUT2D eigenvalue weighted by molar-refractivity contribution is 6.37. The Hall–Kier alpha value is -2.02. The number of carbonyl (C=O) groups excluding carboxylic acids is 1. The van der Waals surface area contributed by atoms with Crippen LogP contribution in [0.2, 0.25) is 15.1 Å². The van der Waals surface area contributed by atoms with E-state index in [-0.39, 0.29) is 32.0 Å². The summed E-state index contributed by atoms with van der Waals surface area (Å²) in [6.07, 6.45) is 0. The molecule has 0 aliphatic heterocycles. The first-order valence-electron chi connectivity index (χ1n) is 5.73. The molecule has 9 heteroatoms. The number of anilines is 1. The highest BCUT2D eigenvalue weighted by atomic mass is 35.5. The second-order valence-electron chi connectivity index (χ2n) is 4.16. The lowest BCUT2D eigenvalue weighted by atomic mass is 10.1. The van der Waals surface area contributed by atoms with Crippen molar-refractivity contribution in [1.82, 2.24) is 0 Å². The number of aromatic hydroxyl groups is 1. The zero-order chi connectivity index (χ0) is 16.4. The van der Waals surface area contributed by atoms with Crippen molar-refractivity contribution in [1.29, 1.82) is 0 Å². The second-order valence-corrected chi connectivity index (χ2v) is 5.41. The van der Waals surface area contributed by atoms with Gasteiger partial charge < -0.3 is 10.4 Å². The smallest absolute Gasteiger partial charge is 0.271 e. The molecule has 0 aromatic heterocycles. The molecule has 114 valence electrons. The van der Waals surface area contributed by atoms with Crippen LogP contribution in [0.25, 0.3) is 0 Å². The van der Waals surface area contributed by atoms with Crippen LogP contribution in [-0.2, 0) is 0 Å². The van der Waals surface area contributed by atoms with Gasteiger partial charge in [0.1, 0.15) is 5.75 Å². The molecule has 0 atom stereocenters. The lowest BCUT2D eigenvalue weighted by Crippen LogP contribution is -2.12. The Bertz CT molecular complexity index is 780. The third-order valence-corrected chi connectivity index (χ3v) is 3.50. The highest BCUT2D eigenvalue weighted by Crippen LogP contribution is 2.33. The van der Waals surface area contributed by atoms with Gasteiger partial charge in [-0.2, -0.15) is 0 Å². The first kappa shape index (κ1) is 16.4. The molecule has 6 nitrogen and oxygen atoms in total. The van der Waals surface area contributed by atoms with Crippen LogP contribution in [0.4, 0.5) is 11.4 Å². The van der Waals surface area contributed by atoms with E-state index in [1.54, 1.807) is 0 Å². The molecule has 0 bridgehead atoms. The van der Waals surface area contributed by atoms with Crippen LogP contribution in [0.3, 0.4) is 0 Å². The fourth-order valence-corrected chi connectivity index (χ4v) is 2.36. The van der Waals surface area contributed by atoms with Gasteiger partial charge in [0.25, 0.3) is 11.6 Å². The molecule has 2 aromatic rings. The third-order valence-electron chi connectivity index (χ3n) is 2.68. The number of non-ortho nitro benzene ring substituents is 1. The molecule has 2 aromatic carbocycles. The maximum atomic E-state index is 12.1. The minimum atomic E-state index is -0.711. The van der Waals surface area contributed by atoms with Gasteiger partial charge in [-0.25, -0.2) is 0 Å². The molecule has 0 saturated carbocycles. The Morgan fingerprint density at radius 1 is 1.14 bits per heavy atom. The van der Waals surface area contributed by atoms with E-state index in [1.807, 2.05) is 0 Å². The minimum absolute atomic E-state index is 0.0184. The van der Waals surface area contributed by atoms with Gasteiger partial charge in [-0.3, -0.25) is 14.9 Å². The Morgan fingerprint density at radius 3 is 2.41 bits per heavy atom. The number of hydrogen-bond donors (Lipinski definition) is 2. The number of phenols is 1. The summed E-state index contributed by atoms with van der Waals surface area (Å²) in [5.74, 6) is -1.14. The number of nitrogens with zero attached hydrogens (tertiary/aromatic N) is 1. The molecule has 0 heterocycles. The monoisotopic (exact) mass is 360 g/mol. The molecule has 0 unspecified atom stereocenters. The molecular weight excluding hydrogens is 355 g/mol. The van der Waals surface area contributed by atoms with E-state index < -0.39 is 16.6 Å². The maximum absolute atomic E-state index is 12.1. The van der Waals surface area contributed by atoms with Crippen molar-refractivity contribution in [2.75, 3.05) is 5.32 Å². The van der Waals surface area contributed by atoms with E-state index in [1.165, 1.54) is 24.3 Å². The van der Waals surface area contributed by atoms with Crippen LogP contribution < -0.4 is 5.32 Å². The molecule has 2 N–H and O–H groups in total. The molecule has 0 radical (unpaired) electrons. The lowest BCUT2D eigenvalue weighted by molar-refractivity contribution is -0.384. The molecule has 2 rings (SSSR count). The van der Waals surface area contributed by atoms with Crippen molar-refractivity contribution in [3.05, 3.63) is 61.1 Å². The predicted octanol–water partition coefficient (Wildman–Crippen LogP) is 4.51. The third kappa shape index (κ3) is 3.41. The number of carbonyl (C=O) groups is 1. The first-order chi connectivity index (χ1) is 10.3. The number of hydrogen-bond acceptors (Lipinski definition) is 4. The van der Waals surface area contributed by atoms with Crippen molar-refractivity contribution in [3.8, 4) is 5.75 Å². The van der Waals surface area contributed by atoms with Crippen LogP contribution in [-0.4, -0.2) is 15.9 Å². The molecule has 0 saturated heterocycles. The number of nitro groups is 1. The average molecular weight is 362 g/mol. The molecule has 22 heavy (non-hydrogen) atoms. The standard InChI is InChI=1S/C13H7Cl3N2O4/c14-6-3-8(12(19)10(16)4-6)13(20)17-11-2-1-7(18(21)22)5-9(11)15/h1-5,19H,(H,17,20). The van der Waals surface area contributed by atoms with E-state index in [0.29, 0.717) is 0 Å². The zero-order valence-corrected chi connectivity index (χ0v) is 12.9. The number of phenolic OH excluding ortho intramolecular Hbond substituents is 1. The maximum Gasteiger partial charge on any atom is 0.271 e. The average Bonchev–Trinajstić information content (AvgIpc) is 2.44. The van der Waals surface area contributed by atoms with Gasteiger partial charge in [0, 0.05) is 17.2 Å². The fourth-order valence-electron chi connectivity index (χ4n) is 1.65. The fraction of sp³-hybridized carbons (Fsp3) is 0. The van der Waals surface area contributed by atoms with E-state index in [0.717, 1.165) is 6.07 Å². The summed E-state index contributed by atoms with van der Waals surface area (Å²) >= 11 is 17.4. The number of benzene rings is 2. The van der Waals surface area contributed by atoms with E-state index in [9.17, 15) is 20.0 Å². The molecular formula is C13H7Cl3N2O4. The van der Waals surface area contributed by atoms with Crippen LogP contribution in [0.1, 0.15) is 10.4 Å². The largest absolute Gasteiger partial charge is 0.506 e. The second kappa shape index (κ2) is 6.39. The van der Waals surface area contributed by atoms with E-state index in [4.69, 9.17) is 34.8 Å². The normalized spacial score (nSPS) is 10.3. The molecule has 0 fully saturated rings. The van der Waals surface area contributed by atoms with Gasteiger partial charge in [-0.1, -0.05) is 34.8 Å². The number of halogens is 3. The summed E-state index contributed by atoms with van der Waals surface area (Å²) in [5.41, 5.74) is -0.212. The van der Waals surface area contributed by atoms with Crippen LogP contribution in [0.5, 0.6) is 5.75 Å². The van der Waals surface area contributed by atoms with Gasteiger partial charge in [-0.15, -0.1) is 0 Å². The van der Waals surface area contributed by atoms with Gasteiger partial charge in [0.2, 0.25) is 0 Å².